The molecule has 0 bridgehead atoms. The molecule has 1 saturated heterocycles. The first kappa shape index (κ1) is 18.8. The van der Waals surface area contributed by atoms with Crippen LogP contribution in [0.5, 0.6) is 0 Å². The second-order valence-corrected chi connectivity index (χ2v) is 13.3. The van der Waals surface area contributed by atoms with E-state index in [1.165, 1.54) is 0 Å². The first-order valence-electron chi connectivity index (χ1n) is 7.52. The van der Waals surface area contributed by atoms with Gasteiger partial charge in [-0.25, -0.2) is 4.79 Å². The molecule has 1 amide bonds. The molecule has 6 heteroatoms. The number of hydrogen-bond donors (Lipinski definition) is 0. The van der Waals surface area contributed by atoms with Crippen molar-refractivity contribution in [3.8, 4) is 0 Å². The number of ether oxygens (including phenoxy) is 1. The fourth-order valence-corrected chi connectivity index (χ4v) is 3.50. The van der Waals surface area contributed by atoms with E-state index in [-0.39, 0.29) is 23.3 Å². The van der Waals surface area contributed by atoms with E-state index in [0.29, 0.717) is 12.4 Å². The molecule has 21 heavy (non-hydrogen) atoms. The maximum absolute atomic E-state index is 12.0. The summed E-state index contributed by atoms with van der Waals surface area (Å²) >= 11 is 6.08. The molecule has 0 unspecified atom stereocenters. The summed E-state index contributed by atoms with van der Waals surface area (Å²) in [4.78, 5) is 13.7. The van der Waals surface area contributed by atoms with Crippen molar-refractivity contribution in [2.45, 2.75) is 77.4 Å². The molecule has 1 aliphatic heterocycles. The van der Waals surface area contributed by atoms with Crippen LogP contribution in [0.15, 0.2) is 0 Å². The lowest BCUT2D eigenvalue weighted by molar-refractivity contribution is 0.0377. The van der Waals surface area contributed by atoms with Gasteiger partial charge in [-0.3, -0.25) is 4.90 Å². The summed E-state index contributed by atoms with van der Waals surface area (Å²) in [6.07, 6.45) is -0.387. The van der Waals surface area contributed by atoms with Gasteiger partial charge in [0.2, 0.25) is 0 Å². The molecule has 0 saturated carbocycles. The first-order chi connectivity index (χ1) is 9.28. The van der Waals surface area contributed by atoms with Crippen molar-refractivity contribution in [2.75, 3.05) is 12.4 Å². The molecule has 0 aromatic rings. The van der Waals surface area contributed by atoms with Crippen LogP contribution in [0, 0.1) is 0 Å². The van der Waals surface area contributed by atoms with Crippen molar-refractivity contribution in [2.24, 2.45) is 0 Å². The van der Waals surface area contributed by atoms with Crippen molar-refractivity contribution >= 4 is 26.0 Å². The van der Waals surface area contributed by atoms with Gasteiger partial charge in [-0.05, 0) is 38.9 Å². The summed E-state index contributed by atoms with van der Waals surface area (Å²) in [5.74, 6) is 0.399. The third-order valence-electron chi connectivity index (χ3n) is 4.11. The van der Waals surface area contributed by atoms with Crippen LogP contribution in [0.4, 0.5) is 4.79 Å². The smallest absolute Gasteiger partial charge is 0.410 e. The minimum absolute atomic E-state index is 0.0477. The highest BCUT2D eigenvalue weighted by Gasteiger charge is 2.49. The molecule has 0 spiro atoms. The lowest BCUT2D eigenvalue weighted by Gasteiger charge is -2.39. The molecule has 0 aromatic heterocycles. The molecular weight excluding hydrogens is 306 g/mol. The largest absolute Gasteiger partial charge is 0.444 e. The number of halogens is 1. The highest BCUT2D eigenvalue weighted by molar-refractivity contribution is 6.74. The van der Waals surface area contributed by atoms with Crippen LogP contribution >= 0.6 is 11.6 Å². The molecule has 2 atom stereocenters. The Morgan fingerprint density at radius 2 is 1.81 bits per heavy atom. The van der Waals surface area contributed by atoms with E-state index >= 15 is 0 Å². The SMILES string of the molecule is CC(C)(C)OC(=O)N1C[C@H]1[C@@H](CCl)O[Si](C)(C)C(C)(C)C. The zero-order valence-corrected chi connectivity index (χ0v) is 16.4. The average Bonchev–Trinajstić information content (AvgIpc) is 3.01. The Morgan fingerprint density at radius 1 is 1.29 bits per heavy atom. The number of nitrogens with zero attached hydrogens (tertiary/aromatic N) is 1. The molecule has 0 radical (unpaired) electrons. The van der Waals surface area contributed by atoms with Crippen LogP contribution in [0.25, 0.3) is 0 Å². The quantitative estimate of drug-likeness (QED) is 0.438. The van der Waals surface area contributed by atoms with Crippen LogP contribution in [-0.2, 0) is 9.16 Å². The molecule has 1 heterocycles. The van der Waals surface area contributed by atoms with Crippen molar-refractivity contribution < 1.29 is 14.0 Å². The van der Waals surface area contributed by atoms with Gasteiger partial charge in [0.05, 0.1) is 12.1 Å². The number of hydrogen-bond acceptors (Lipinski definition) is 3. The molecular formula is C15H30ClNO3Si. The zero-order valence-electron chi connectivity index (χ0n) is 14.6. The topological polar surface area (TPSA) is 38.5 Å². The Morgan fingerprint density at radius 3 is 2.19 bits per heavy atom. The molecule has 124 valence electrons. The van der Waals surface area contributed by atoms with Crippen molar-refractivity contribution in [3.63, 3.8) is 0 Å². The number of amides is 1. The van der Waals surface area contributed by atoms with Gasteiger partial charge in [-0.1, -0.05) is 20.8 Å². The Bertz CT molecular complexity index is 387. The van der Waals surface area contributed by atoms with Gasteiger partial charge in [0.25, 0.3) is 0 Å². The number of carbonyl (C=O) groups excluding carboxylic acids is 1. The second-order valence-electron chi connectivity index (χ2n) is 8.27. The maximum atomic E-state index is 12.0. The minimum atomic E-state index is -1.89. The molecule has 1 rings (SSSR count). The van der Waals surface area contributed by atoms with Gasteiger partial charge in [-0.15, -0.1) is 11.6 Å². The Balaban J connectivity index is 2.63. The molecule has 0 N–H and O–H groups in total. The predicted molar refractivity (Wildman–Crippen MR) is 89.5 cm³/mol. The number of carbonyl (C=O) groups is 1. The highest BCUT2D eigenvalue weighted by atomic mass is 35.5. The van der Waals surface area contributed by atoms with Crippen LogP contribution < -0.4 is 0 Å². The van der Waals surface area contributed by atoms with Gasteiger partial charge >= 0.3 is 6.09 Å². The van der Waals surface area contributed by atoms with E-state index in [0.717, 1.165) is 0 Å². The summed E-state index contributed by atoms with van der Waals surface area (Å²) in [5.41, 5.74) is -0.471. The van der Waals surface area contributed by atoms with Gasteiger partial charge in [0.1, 0.15) is 5.60 Å². The van der Waals surface area contributed by atoms with E-state index in [2.05, 4.69) is 33.9 Å². The molecule has 4 nitrogen and oxygen atoms in total. The van der Waals surface area contributed by atoms with E-state index in [1.807, 2.05) is 20.8 Å². The average molecular weight is 336 g/mol. The predicted octanol–water partition coefficient (Wildman–Crippen LogP) is 4.23. The molecule has 1 fully saturated rings. The normalized spacial score (nSPS) is 21.2. The van der Waals surface area contributed by atoms with Crippen LogP contribution in [0.1, 0.15) is 41.5 Å². The summed E-state index contributed by atoms with van der Waals surface area (Å²) in [5, 5.41) is 0.128. The zero-order chi connectivity index (χ0) is 16.6. The van der Waals surface area contributed by atoms with Crippen molar-refractivity contribution in [1.29, 1.82) is 0 Å². The van der Waals surface area contributed by atoms with Crippen molar-refractivity contribution in [3.05, 3.63) is 0 Å². The van der Waals surface area contributed by atoms with Gasteiger partial charge in [0, 0.05) is 12.4 Å². The van der Waals surface area contributed by atoms with Crippen LogP contribution in [-0.4, -0.2) is 49.5 Å². The summed E-state index contributed by atoms with van der Waals surface area (Å²) in [6.45, 7) is 17.3. The monoisotopic (exact) mass is 335 g/mol. The Kier molecular flexibility index (Phi) is 5.45. The molecule has 1 aliphatic rings. The Hall–Kier alpha value is -0.263. The van der Waals surface area contributed by atoms with Gasteiger partial charge < -0.3 is 9.16 Å². The molecule has 0 aliphatic carbocycles. The third kappa shape index (κ3) is 5.15. The maximum Gasteiger partial charge on any atom is 0.410 e. The van der Waals surface area contributed by atoms with E-state index in [9.17, 15) is 4.79 Å². The first-order valence-corrected chi connectivity index (χ1v) is 11.0. The van der Waals surface area contributed by atoms with E-state index in [4.69, 9.17) is 20.8 Å². The highest BCUT2D eigenvalue weighted by Crippen LogP contribution is 2.39. The van der Waals surface area contributed by atoms with E-state index < -0.39 is 13.9 Å². The minimum Gasteiger partial charge on any atom is -0.444 e. The van der Waals surface area contributed by atoms with E-state index in [1.54, 1.807) is 4.90 Å². The number of rotatable bonds is 4. The second kappa shape index (κ2) is 6.09. The van der Waals surface area contributed by atoms with Gasteiger partial charge in [0.15, 0.2) is 8.32 Å². The van der Waals surface area contributed by atoms with Crippen LogP contribution in [0.3, 0.4) is 0 Å². The lowest BCUT2D eigenvalue weighted by atomic mass is 10.2. The third-order valence-corrected chi connectivity index (χ3v) is 8.92. The summed E-state index contributed by atoms with van der Waals surface area (Å²) in [6, 6.07) is 0.0477. The fraction of sp³-hybridized carbons (Fsp3) is 0.933. The Labute approximate surface area is 135 Å². The van der Waals surface area contributed by atoms with Gasteiger partial charge in [-0.2, -0.15) is 0 Å². The lowest BCUT2D eigenvalue weighted by Crippen LogP contribution is -2.46. The number of alkyl halides is 1. The van der Waals surface area contributed by atoms with Crippen LogP contribution in [0.2, 0.25) is 18.1 Å². The standard InChI is InChI=1S/C15H30ClNO3Si/c1-14(2,3)19-13(18)17-10-11(17)12(9-16)20-21(7,8)15(4,5)6/h11-12H,9-10H2,1-8H3/t11-,12+,17?/m0/s1. The summed E-state index contributed by atoms with van der Waals surface area (Å²) < 4.78 is 11.7. The molecule has 0 aromatic carbocycles. The fourth-order valence-electron chi connectivity index (χ4n) is 1.77. The van der Waals surface area contributed by atoms with Crippen molar-refractivity contribution in [1.82, 2.24) is 4.90 Å². The summed E-state index contributed by atoms with van der Waals surface area (Å²) in [7, 11) is -1.89.